The van der Waals surface area contributed by atoms with Crippen molar-refractivity contribution >= 4 is 5.69 Å². The molecule has 0 aromatic heterocycles. The second-order valence-corrected chi connectivity index (χ2v) is 6.86. The first-order valence-corrected chi connectivity index (χ1v) is 7.13. The van der Waals surface area contributed by atoms with Crippen LogP contribution in [-0.4, -0.2) is 24.8 Å². The minimum absolute atomic E-state index is 0.166. The summed E-state index contributed by atoms with van der Waals surface area (Å²) in [4.78, 5) is 2.20. The van der Waals surface area contributed by atoms with E-state index >= 15 is 0 Å². The predicted molar refractivity (Wildman–Crippen MR) is 84.0 cm³/mol. The van der Waals surface area contributed by atoms with E-state index in [9.17, 15) is 5.11 Å². The molecule has 0 saturated heterocycles. The molecule has 108 valence electrons. The molecular weight excluding hydrogens is 234 g/mol. The summed E-state index contributed by atoms with van der Waals surface area (Å²) >= 11 is 0. The summed E-state index contributed by atoms with van der Waals surface area (Å²) in [6.45, 7) is 13.3. The lowest BCUT2D eigenvalue weighted by molar-refractivity contribution is 0.234. The maximum atomic E-state index is 9.56. The van der Waals surface area contributed by atoms with Crippen molar-refractivity contribution in [1.29, 1.82) is 0 Å². The molecule has 0 aliphatic rings. The zero-order valence-electron chi connectivity index (χ0n) is 13.5. The van der Waals surface area contributed by atoms with Crippen LogP contribution in [0.2, 0.25) is 0 Å². The molecule has 19 heavy (non-hydrogen) atoms. The average molecular weight is 263 g/mol. The minimum Gasteiger partial charge on any atom is -0.394 e. The normalized spacial score (nSPS) is 13.7. The summed E-state index contributed by atoms with van der Waals surface area (Å²) in [6, 6.07) is 6.81. The fourth-order valence-corrected chi connectivity index (χ4v) is 2.48. The molecule has 1 unspecified atom stereocenters. The first-order valence-electron chi connectivity index (χ1n) is 7.13. The zero-order chi connectivity index (χ0) is 14.8. The van der Waals surface area contributed by atoms with Crippen molar-refractivity contribution in [3.05, 3.63) is 29.3 Å². The second kappa shape index (κ2) is 5.96. The van der Waals surface area contributed by atoms with E-state index in [-0.39, 0.29) is 18.1 Å². The monoisotopic (exact) mass is 263 g/mol. The Morgan fingerprint density at radius 2 is 1.79 bits per heavy atom. The highest BCUT2D eigenvalue weighted by molar-refractivity contribution is 5.55. The zero-order valence-corrected chi connectivity index (χ0v) is 13.5. The minimum atomic E-state index is 0.166. The highest BCUT2D eigenvalue weighted by Gasteiger charge is 2.21. The van der Waals surface area contributed by atoms with Gasteiger partial charge in [-0.15, -0.1) is 0 Å². The van der Waals surface area contributed by atoms with Crippen LogP contribution in [-0.2, 0) is 5.41 Å². The van der Waals surface area contributed by atoms with Crippen molar-refractivity contribution in [2.45, 2.75) is 53.0 Å². The average Bonchev–Trinajstić information content (AvgIpc) is 2.27. The summed E-state index contributed by atoms with van der Waals surface area (Å²) in [5.74, 6) is 0.427. The Bertz CT molecular complexity index is 418. The summed E-state index contributed by atoms with van der Waals surface area (Å²) in [5.41, 5.74) is 4.01. The molecule has 0 aliphatic heterocycles. The molecule has 0 bridgehead atoms. The van der Waals surface area contributed by atoms with Crippen LogP contribution < -0.4 is 4.90 Å². The van der Waals surface area contributed by atoms with Crippen molar-refractivity contribution in [1.82, 2.24) is 0 Å². The van der Waals surface area contributed by atoms with Gasteiger partial charge in [-0.25, -0.2) is 0 Å². The van der Waals surface area contributed by atoms with Gasteiger partial charge in [-0.05, 0) is 35.4 Å². The number of aliphatic hydroxyl groups is 1. The smallest absolute Gasteiger partial charge is 0.0637 e. The Hall–Kier alpha value is -1.02. The first-order chi connectivity index (χ1) is 8.68. The Labute approximate surface area is 118 Å². The van der Waals surface area contributed by atoms with Gasteiger partial charge >= 0.3 is 0 Å². The van der Waals surface area contributed by atoms with Gasteiger partial charge < -0.3 is 10.0 Å². The van der Waals surface area contributed by atoms with Crippen LogP contribution in [0.3, 0.4) is 0 Å². The highest BCUT2D eigenvalue weighted by atomic mass is 16.3. The molecule has 0 radical (unpaired) electrons. The van der Waals surface area contributed by atoms with Crippen molar-refractivity contribution in [3.63, 3.8) is 0 Å². The molecule has 1 aromatic rings. The molecule has 0 aliphatic carbocycles. The van der Waals surface area contributed by atoms with Crippen LogP contribution in [0, 0.1) is 12.8 Å². The molecule has 1 N–H and O–H groups in total. The summed E-state index contributed by atoms with van der Waals surface area (Å²) in [6.07, 6.45) is 0. The van der Waals surface area contributed by atoms with Crippen molar-refractivity contribution < 1.29 is 5.11 Å². The molecule has 0 fully saturated rings. The van der Waals surface area contributed by atoms with Gasteiger partial charge in [-0.2, -0.15) is 0 Å². The van der Waals surface area contributed by atoms with E-state index in [1.165, 1.54) is 16.8 Å². The fourth-order valence-electron chi connectivity index (χ4n) is 2.48. The lowest BCUT2D eigenvalue weighted by Gasteiger charge is -2.33. The maximum Gasteiger partial charge on any atom is 0.0637 e. The lowest BCUT2D eigenvalue weighted by atomic mass is 9.86. The SMILES string of the molecule is Cc1cc(C(C)(C)C)ccc1N(C)C(CO)C(C)C. The van der Waals surface area contributed by atoms with E-state index in [1.54, 1.807) is 0 Å². The topological polar surface area (TPSA) is 23.5 Å². The number of nitrogens with zero attached hydrogens (tertiary/aromatic N) is 1. The number of hydrogen-bond donors (Lipinski definition) is 1. The standard InChI is InChI=1S/C17H29NO/c1-12(2)16(11-19)18(7)15-9-8-14(10-13(15)3)17(4,5)6/h8-10,12,16,19H,11H2,1-7H3. The van der Waals surface area contributed by atoms with Crippen molar-refractivity contribution in [2.24, 2.45) is 5.92 Å². The van der Waals surface area contributed by atoms with E-state index in [4.69, 9.17) is 0 Å². The number of rotatable bonds is 4. The highest BCUT2D eigenvalue weighted by Crippen LogP contribution is 2.29. The third-order valence-electron chi connectivity index (χ3n) is 3.90. The number of hydrogen-bond acceptors (Lipinski definition) is 2. The third-order valence-corrected chi connectivity index (χ3v) is 3.90. The van der Waals surface area contributed by atoms with Gasteiger partial charge in [0.1, 0.15) is 0 Å². The molecule has 2 heteroatoms. The number of aliphatic hydroxyl groups excluding tert-OH is 1. The number of benzene rings is 1. The summed E-state index contributed by atoms with van der Waals surface area (Å²) in [5, 5.41) is 9.56. The molecular formula is C17H29NO. The van der Waals surface area contributed by atoms with Gasteiger partial charge in [0.2, 0.25) is 0 Å². The van der Waals surface area contributed by atoms with Gasteiger partial charge in [-0.1, -0.05) is 46.8 Å². The Morgan fingerprint density at radius 3 is 2.16 bits per heavy atom. The van der Waals surface area contributed by atoms with Gasteiger partial charge in [0.05, 0.1) is 12.6 Å². The Kier molecular flexibility index (Phi) is 5.03. The Morgan fingerprint density at radius 1 is 1.21 bits per heavy atom. The quantitative estimate of drug-likeness (QED) is 0.894. The van der Waals surface area contributed by atoms with E-state index in [0.717, 1.165) is 0 Å². The number of likely N-dealkylation sites (N-methyl/N-ethyl adjacent to an activating group) is 1. The molecule has 0 saturated carbocycles. The van der Waals surface area contributed by atoms with Crippen LogP contribution >= 0.6 is 0 Å². The van der Waals surface area contributed by atoms with Crippen molar-refractivity contribution in [2.75, 3.05) is 18.6 Å². The van der Waals surface area contributed by atoms with Gasteiger partial charge in [-0.3, -0.25) is 0 Å². The fraction of sp³-hybridized carbons (Fsp3) is 0.647. The van der Waals surface area contributed by atoms with Gasteiger partial charge in [0.25, 0.3) is 0 Å². The summed E-state index contributed by atoms with van der Waals surface area (Å²) in [7, 11) is 2.07. The van der Waals surface area contributed by atoms with E-state index in [2.05, 4.69) is 71.7 Å². The van der Waals surface area contributed by atoms with Crippen LogP contribution in [0.5, 0.6) is 0 Å². The van der Waals surface area contributed by atoms with E-state index in [0.29, 0.717) is 5.92 Å². The van der Waals surface area contributed by atoms with Crippen LogP contribution in [0.15, 0.2) is 18.2 Å². The molecule has 2 nitrogen and oxygen atoms in total. The number of anilines is 1. The maximum absolute atomic E-state index is 9.56. The largest absolute Gasteiger partial charge is 0.394 e. The predicted octanol–water partition coefficient (Wildman–Crippen LogP) is 3.75. The first kappa shape index (κ1) is 16.0. The molecule has 0 heterocycles. The second-order valence-electron chi connectivity index (χ2n) is 6.86. The summed E-state index contributed by atoms with van der Waals surface area (Å²) < 4.78 is 0. The van der Waals surface area contributed by atoms with Crippen LogP contribution in [0.25, 0.3) is 0 Å². The molecule has 0 spiro atoms. The Balaban J connectivity index is 3.09. The van der Waals surface area contributed by atoms with E-state index < -0.39 is 0 Å². The van der Waals surface area contributed by atoms with Gasteiger partial charge in [0.15, 0.2) is 0 Å². The van der Waals surface area contributed by atoms with Gasteiger partial charge in [0, 0.05) is 12.7 Å². The van der Waals surface area contributed by atoms with Crippen molar-refractivity contribution in [3.8, 4) is 0 Å². The number of aryl methyl sites for hydroxylation is 1. The molecule has 1 rings (SSSR count). The third kappa shape index (κ3) is 3.73. The van der Waals surface area contributed by atoms with Crippen LogP contribution in [0.1, 0.15) is 45.7 Å². The van der Waals surface area contributed by atoms with Crippen LogP contribution in [0.4, 0.5) is 5.69 Å². The molecule has 0 amide bonds. The molecule has 1 aromatic carbocycles. The van der Waals surface area contributed by atoms with E-state index in [1.807, 2.05) is 0 Å². The lowest BCUT2D eigenvalue weighted by Crippen LogP contribution is -2.39. The molecule has 1 atom stereocenters.